The lowest BCUT2D eigenvalue weighted by Crippen LogP contribution is -2.00. The quantitative estimate of drug-likeness (QED) is 0.826. The van der Waals surface area contributed by atoms with Crippen molar-refractivity contribution in [1.82, 2.24) is 0 Å². The van der Waals surface area contributed by atoms with Gasteiger partial charge in [-0.2, -0.15) is 13.2 Å². The molecule has 0 aliphatic rings. The van der Waals surface area contributed by atoms with Gasteiger partial charge in [0.05, 0.1) is 7.11 Å². The number of benzene rings is 1. The highest BCUT2D eigenvalue weighted by Crippen LogP contribution is 2.27. The van der Waals surface area contributed by atoms with E-state index in [0.717, 1.165) is 6.08 Å². The molecule has 82 valence electrons. The van der Waals surface area contributed by atoms with E-state index in [1.54, 1.807) is 0 Å². The van der Waals surface area contributed by atoms with Gasteiger partial charge in [0, 0.05) is 6.08 Å². The summed E-state index contributed by atoms with van der Waals surface area (Å²) < 4.78 is 40.3. The molecule has 0 aliphatic heterocycles. The van der Waals surface area contributed by atoms with E-state index in [2.05, 4.69) is 0 Å². The van der Waals surface area contributed by atoms with Gasteiger partial charge in [0.15, 0.2) is 11.5 Å². The number of ether oxygens (including phenoxy) is 1. The van der Waals surface area contributed by atoms with E-state index in [-0.39, 0.29) is 17.6 Å². The first-order chi connectivity index (χ1) is 6.92. The number of methoxy groups -OCH3 is 1. The molecule has 5 heteroatoms. The van der Waals surface area contributed by atoms with Crippen molar-refractivity contribution >= 4 is 6.08 Å². The predicted octanol–water partition coefficient (Wildman–Crippen LogP) is 2.98. The molecule has 15 heavy (non-hydrogen) atoms. The summed E-state index contributed by atoms with van der Waals surface area (Å²) in [6.07, 6.45) is -3.31. The van der Waals surface area contributed by atoms with Crippen LogP contribution in [0.4, 0.5) is 13.2 Å². The van der Waals surface area contributed by atoms with Gasteiger partial charge >= 0.3 is 6.18 Å². The number of allylic oxidation sites excluding steroid dienone is 1. The number of rotatable bonds is 2. The van der Waals surface area contributed by atoms with Crippen LogP contribution >= 0.6 is 0 Å². The van der Waals surface area contributed by atoms with Crippen molar-refractivity contribution in [2.24, 2.45) is 0 Å². The molecule has 1 aromatic carbocycles. The van der Waals surface area contributed by atoms with Crippen LogP contribution in [0.1, 0.15) is 5.56 Å². The Hall–Kier alpha value is -1.65. The lowest BCUT2D eigenvalue weighted by molar-refractivity contribution is -0.0790. The average molecular weight is 218 g/mol. The molecule has 0 fully saturated rings. The molecule has 2 nitrogen and oxygen atoms in total. The predicted molar refractivity (Wildman–Crippen MR) is 49.7 cm³/mol. The van der Waals surface area contributed by atoms with Crippen LogP contribution in [0.3, 0.4) is 0 Å². The Kier molecular flexibility index (Phi) is 3.24. The van der Waals surface area contributed by atoms with Crippen LogP contribution in [0.2, 0.25) is 0 Å². The van der Waals surface area contributed by atoms with Gasteiger partial charge in [0.2, 0.25) is 0 Å². The van der Waals surface area contributed by atoms with E-state index < -0.39 is 6.18 Å². The summed E-state index contributed by atoms with van der Waals surface area (Å²) in [5, 5.41) is 9.19. The molecule has 0 unspecified atom stereocenters. The molecule has 0 amide bonds. The molecule has 0 radical (unpaired) electrons. The maximum absolute atomic E-state index is 11.8. The third-order valence-corrected chi connectivity index (χ3v) is 1.67. The summed E-state index contributed by atoms with van der Waals surface area (Å²) in [7, 11) is 1.33. The Bertz CT molecular complexity index is 369. The maximum atomic E-state index is 11.8. The molecular formula is C10H9F3O2. The summed E-state index contributed by atoms with van der Waals surface area (Å²) in [6, 6.07) is 3.95. The number of phenols is 1. The van der Waals surface area contributed by atoms with Gasteiger partial charge in [0.1, 0.15) is 0 Å². The van der Waals surface area contributed by atoms with Crippen LogP contribution in [0.15, 0.2) is 24.3 Å². The van der Waals surface area contributed by atoms with E-state index in [9.17, 15) is 18.3 Å². The molecule has 1 rings (SSSR count). The molecular weight excluding hydrogens is 209 g/mol. The first kappa shape index (κ1) is 11.4. The second-order valence-electron chi connectivity index (χ2n) is 2.81. The smallest absolute Gasteiger partial charge is 0.409 e. The van der Waals surface area contributed by atoms with Gasteiger partial charge in [-0.25, -0.2) is 0 Å². The summed E-state index contributed by atoms with van der Waals surface area (Å²) in [5.74, 6) is 0.0287. The number of hydrogen-bond donors (Lipinski definition) is 1. The Morgan fingerprint density at radius 1 is 1.33 bits per heavy atom. The van der Waals surface area contributed by atoms with E-state index >= 15 is 0 Å². The van der Waals surface area contributed by atoms with E-state index in [1.807, 2.05) is 0 Å². The Balaban J connectivity index is 2.93. The Morgan fingerprint density at radius 3 is 2.53 bits per heavy atom. The Labute approximate surface area is 84.6 Å². The largest absolute Gasteiger partial charge is 0.504 e. The molecule has 0 atom stereocenters. The number of aromatic hydroxyl groups is 1. The second kappa shape index (κ2) is 4.25. The van der Waals surface area contributed by atoms with Crippen LogP contribution in [-0.4, -0.2) is 18.4 Å². The van der Waals surface area contributed by atoms with Crippen LogP contribution in [0.5, 0.6) is 11.5 Å². The van der Waals surface area contributed by atoms with E-state index in [1.165, 1.54) is 25.3 Å². The molecule has 0 bridgehead atoms. The number of phenolic OH excluding ortho intramolecular Hbond substituents is 1. The van der Waals surface area contributed by atoms with Gasteiger partial charge in [-0.3, -0.25) is 0 Å². The maximum Gasteiger partial charge on any atom is 0.409 e. The Morgan fingerprint density at radius 2 is 2.00 bits per heavy atom. The normalized spacial score (nSPS) is 12.0. The molecule has 1 N–H and O–H groups in total. The minimum absolute atomic E-state index is 0.110. The van der Waals surface area contributed by atoms with Crippen molar-refractivity contribution in [3.05, 3.63) is 29.8 Å². The van der Waals surface area contributed by atoms with Crippen molar-refractivity contribution in [2.45, 2.75) is 6.18 Å². The van der Waals surface area contributed by atoms with Gasteiger partial charge in [0.25, 0.3) is 0 Å². The molecule has 1 aromatic rings. The van der Waals surface area contributed by atoms with E-state index in [4.69, 9.17) is 4.74 Å². The number of halogens is 3. The molecule has 0 aliphatic carbocycles. The van der Waals surface area contributed by atoms with Crippen molar-refractivity contribution in [3.63, 3.8) is 0 Å². The average Bonchev–Trinajstić information content (AvgIpc) is 2.15. The van der Waals surface area contributed by atoms with Crippen LogP contribution < -0.4 is 4.74 Å². The van der Waals surface area contributed by atoms with Crippen LogP contribution in [0.25, 0.3) is 6.08 Å². The zero-order valence-corrected chi connectivity index (χ0v) is 7.88. The molecule has 0 aromatic heterocycles. The summed E-state index contributed by atoms with van der Waals surface area (Å²) in [5.41, 5.74) is 0.307. The highest BCUT2D eigenvalue weighted by Gasteiger charge is 2.21. The van der Waals surface area contributed by atoms with Crippen LogP contribution in [0, 0.1) is 0 Å². The summed E-state index contributed by atoms with van der Waals surface area (Å²) in [4.78, 5) is 0. The summed E-state index contributed by atoms with van der Waals surface area (Å²) in [6.45, 7) is 0. The van der Waals surface area contributed by atoms with Crippen LogP contribution in [-0.2, 0) is 0 Å². The fourth-order valence-corrected chi connectivity index (χ4v) is 0.989. The van der Waals surface area contributed by atoms with Gasteiger partial charge in [-0.15, -0.1) is 0 Å². The molecule has 0 saturated heterocycles. The topological polar surface area (TPSA) is 29.5 Å². The zero-order valence-electron chi connectivity index (χ0n) is 7.88. The van der Waals surface area contributed by atoms with E-state index in [0.29, 0.717) is 5.56 Å². The van der Waals surface area contributed by atoms with Crippen molar-refractivity contribution in [3.8, 4) is 11.5 Å². The highest BCUT2D eigenvalue weighted by atomic mass is 19.4. The number of alkyl halides is 3. The lowest BCUT2D eigenvalue weighted by Gasteiger charge is -2.04. The minimum Gasteiger partial charge on any atom is -0.504 e. The molecule has 0 saturated carbocycles. The molecule has 0 heterocycles. The minimum atomic E-state index is -4.34. The first-order valence-electron chi connectivity index (χ1n) is 4.05. The lowest BCUT2D eigenvalue weighted by atomic mass is 10.2. The monoisotopic (exact) mass is 218 g/mol. The van der Waals surface area contributed by atoms with Gasteiger partial charge in [-0.05, 0) is 23.8 Å². The highest BCUT2D eigenvalue weighted by molar-refractivity contribution is 5.55. The fourth-order valence-electron chi connectivity index (χ4n) is 0.989. The fraction of sp³-hybridized carbons (Fsp3) is 0.200. The van der Waals surface area contributed by atoms with Crippen molar-refractivity contribution in [2.75, 3.05) is 7.11 Å². The first-order valence-corrected chi connectivity index (χ1v) is 4.05. The van der Waals surface area contributed by atoms with Crippen molar-refractivity contribution < 1.29 is 23.0 Å². The van der Waals surface area contributed by atoms with Crippen molar-refractivity contribution in [1.29, 1.82) is 0 Å². The SMILES string of the molecule is COc1cc(/C=C/C(F)(F)F)ccc1O. The molecule has 0 spiro atoms. The summed E-state index contributed by atoms with van der Waals surface area (Å²) >= 11 is 0. The third kappa shape index (κ3) is 3.53. The standard InChI is InChI=1S/C10H9F3O2/c1-15-9-6-7(2-3-8(9)14)4-5-10(11,12)13/h2-6,14H,1H3/b5-4+. The van der Waals surface area contributed by atoms with Gasteiger partial charge < -0.3 is 9.84 Å². The number of hydrogen-bond acceptors (Lipinski definition) is 2. The second-order valence-corrected chi connectivity index (χ2v) is 2.81. The zero-order chi connectivity index (χ0) is 11.5. The third-order valence-electron chi connectivity index (χ3n) is 1.67. The van der Waals surface area contributed by atoms with Gasteiger partial charge in [-0.1, -0.05) is 6.07 Å².